The third kappa shape index (κ3) is 5.30. The number of likely N-dealkylation sites (N-methyl/N-ethyl adjacent to an activating group) is 1. The number of anilines is 1. The van der Waals surface area contributed by atoms with E-state index in [1.165, 1.54) is 11.3 Å². The number of primary amides is 1. The molecule has 2 aromatic heterocycles. The minimum absolute atomic E-state index is 0.0245. The summed E-state index contributed by atoms with van der Waals surface area (Å²) in [6.45, 7) is 6.29. The summed E-state index contributed by atoms with van der Waals surface area (Å²) in [7, 11) is 0. The Kier molecular flexibility index (Phi) is 6.79. The third-order valence-corrected chi connectivity index (χ3v) is 5.39. The highest BCUT2D eigenvalue weighted by Gasteiger charge is 2.12. The second-order valence-electron chi connectivity index (χ2n) is 6.70. The maximum atomic E-state index is 12.3. The van der Waals surface area contributed by atoms with Crippen LogP contribution in [0.3, 0.4) is 0 Å². The first-order valence-electron chi connectivity index (χ1n) is 9.57. The van der Waals surface area contributed by atoms with E-state index in [-0.39, 0.29) is 5.91 Å². The quantitative estimate of drug-likeness (QED) is 0.501. The second kappa shape index (κ2) is 9.49. The number of carbonyl (C=O) groups is 2. The molecule has 152 valence electrons. The minimum Gasteiger partial charge on any atom is -0.364 e. The number of amides is 2. The van der Waals surface area contributed by atoms with E-state index in [4.69, 9.17) is 5.73 Å². The average molecular weight is 412 g/mol. The molecule has 0 atom stereocenters. The minimum atomic E-state index is -0.504. The van der Waals surface area contributed by atoms with E-state index >= 15 is 0 Å². The number of aromatic amines is 1. The number of benzene rings is 1. The summed E-state index contributed by atoms with van der Waals surface area (Å²) in [6.07, 6.45) is 2.73. The van der Waals surface area contributed by atoms with Gasteiger partial charge in [0.05, 0.1) is 12.2 Å². The van der Waals surface area contributed by atoms with E-state index in [9.17, 15) is 9.59 Å². The van der Waals surface area contributed by atoms with Gasteiger partial charge in [-0.05, 0) is 37.7 Å². The van der Waals surface area contributed by atoms with Crippen LogP contribution < -0.4 is 11.1 Å². The Balaban J connectivity index is 1.72. The molecule has 0 spiro atoms. The monoisotopic (exact) mass is 411 g/mol. The van der Waals surface area contributed by atoms with Gasteiger partial charge in [-0.1, -0.05) is 26.0 Å². The van der Waals surface area contributed by atoms with Crippen molar-refractivity contribution in [3.8, 4) is 21.8 Å². The van der Waals surface area contributed by atoms with Crippen LogP contribution in [0, 0.1) is 0 Å². The van der Waals surface area contributed by atoms with E-state index in [0.717, 1.165) is 47.0 Å². The maximum Gasteiger partial charge on any atom is 0.265 e. The number of nitrogens with two attached hydrogens (primary N) is 1. The smallest absolute Gasteiger partial charge is 0.265 e. The summed E-state index contributed by atoms with van der Waals surface area (Å²) in [5, 5.41) is 5.73. The number of H-pyrrole nitrogens is 1. The molecular weight excluding hydrogens is 386 g/mol. The zero-order valence-electron chi connectivity index (χ0n) is 16.6. The van der Waals surface area contributed by atoms with E-state index in [1.54, 1.807) is 12.3 Å². The van der Waals surface area contributed by atoms with Crippen LogP contribution in [0.25, 0.3) is 21.8 Å². The average Bonchev–Trinajstić information content (AvgIpc) is 3.37. The van der Waals surface area contributed by atoms with Crippen LogP contribution in [-0.2, 0) is 4.79 Å². The molecule has 2 amide bonds. The van der Waals surface area contributed by atoms with Crippen LogP contribution in [0.5, 0.6) is 0 Å². The molecule has 0 bridgehead atoms. The molecule has 7 nitrogen and oxygen atoms in total. The number of carbonyl (C=O) groups excluding carboxylic acids is 2. The van der Waals surface area contributed by atoms with Gasteiger partial charge in [0.1, 0.15) is 10.7 Å². The highest BCUT2D eigenvalue weighted by molar-refractivity contribution is 7.13. The fourth-order valence-electron chi connectivity index (χ4n) is 3.02. The Hall–Kier alpha value is -2.97. The number of rotatable bonds is 9. The Morgan fingerprint density at radius 2 is 2.07 bits per heavy atom. The molecule has 4 N–H and O–H groups in total. The van der Waals surface area contributed by atoms with Gasteiger partial charge in [0.25, 0.3) is 5.91 Å². The Labute approximate surface area is 174 Å². The molecule has 0 aliphatic carbocycles. The first-order chi connectivity index (χ1) is 14.0. The van der Waals surface area contributed by atoms with Crippen molar-refractivity contribution in [3.63, 3.8) is 0 Å². The van der Waals surface area contributed by atoms with Crippen LogP contribution in [0.15, 0.2) is 41.9 Å². The van der Waals surface area contributed by atoms with E-state index < -0.39 is 5.91 Å². The molecule has 0 radical (unpaired) electrons. The lowest BCUT2D eigenvalue weighted by molar-refractivity contribution is -0.117. The molecule has 3 aromatic rings. The van der Waals surface area contributed by atoms with Gasteiger partial charge in [0, 0.05) is 28.4 Å². The highest BCUT2D eigenvalue weighted by Crippen LogP contribution is 2.30. The predicted octanol–water partition coefficient (Wildman–Crippen LogP) is 3.57. The van der Waals surface area contributed by atoms with Crippen molar-refractivity contribution in [2.75, 3.05) is 25.0 Å². The van der Waals surface area contributed by atoms with Crippen LogP contribution in [0.2, 0.25) is 0 Å². The Morgan fingerprint density at radius 1 is 1.24 bits per heavy atom. The predicted molar refractivity (Wildman–Crippen MR) is 117 cm³/mol. The summed E-state index contributed by atoms with van der Waals surface area (Å²) in [6, 6.07) is 9.34. The van der Waals surface area contributed by atoms with Crippen molar-refractivity contribution in [2.45, 2.75) is 20.3 Å². The molecular formula is C21H25N5O2S. The number of hydrogen-bond acceptors (Lipinski definition) is 5. The summed E-state index contributed by atoms with van der Waals surface area (Å²) >= 11 is 1.50. The summed E-state index contributed by atoms with van der Waals surface area (Å²) in [4.78, 5) is 33.2. The van der Waals surface area contributed by atoms with Gasteiger partial charge < -0.3 is 16.0 Å². The van der Waals surface area contributed by atoms with Gasteiger partial charge in [-0.2, -0.15) is 0 Å². The highest BCUT2D eigenvalue weighted by atomic mass is 32.1. The Bertz CT molecular complexity index is 994. The molecule has 2 heterocycles. The number of thiazole rings is 1. The maximum absolute atomic E-state index is 12.3. The molecule has 3 rings (SSSR count). The first kappa shape index (κ1) is 20.8. The van der Waals surface area contributed by atoms with Crippen LogP contribution in [0.4, 0.5) is 5.69 Å². The second-order valence-corrected chi connectivity index (χ2v) is 7.56. The summed E-state index contributed by atoms with van der Waals surface area (Å²) in [5.74, 6) is -0.528. The lowest BCUT2D eigenvalue weighted by Crippen LogP contribution is -2.33. The fraction of sp³-hybridized carbons (Fsp3) is 0.286. The molecule has 0 aliphatic rings. The zero-order valence-corrected chi connectivity index (χ0v) is 17.4. The molecule has 0 saturated heterocycles. The molecule has 0 fully saturated rings. The Morgan fingerprint density at radius 3 is 2.76 bits per heavy atom. The molecule has 0 saturated carbocycles. The lowest BCUT2D eigenvalue weighted by Gasteiger charge is -2.18. The zero-order chi connectivity index (χ0) is 20.8. The van der Waals surface area contributed by atoms with Crippen molar-refractivity contribution in [1.82, 2.24) is 14.9 Å². The van der Waals surface area contributed by atoms with E-state index in [0.29, 0.717) is 12.2 Å². The summed E-state index contributed by atoms with van der Waals surface area (Å²) < 4.78 is 0. The SMILES string of the molecule is CCCN(CC)CC(=O)Nc1cccc(-c2nc(-c3c[nH]c(C(N)=O)c3)cs2)c1. The lowest BCUT2D eigenvalue weighted by atomic mass is 10.2. The standard InChI is InChI=1S/C21H25N5O2S/c1-3-8-26(4-2)12-19(27)24-16-7-5-6-14(9-16)21-25-18(13-29-21)15-10-17(20(22)28)23-11-15/h5-7,9-11,13,23H,3-4,8,12H2,1-2H3,(H2,22,28)(H,24,27). The van der Waals surface area contributed by atoms with Gasteiger partial charge in [0.15, 0.2) is 0 Å². The number of aromatic nitrogens is 2. The van der Waals surface area contributed by atoms with Crippen molar-refractivity contribution in [1.29, 1.82) is 0 Å². The van der Waals surface area contributed by atoms with E-state index in [1.807, 2.05) is 29.6 Å². The van der Waals surface area contributed by atoms with Gasteiger partial charge >= 0.3 is 0 Å². The first-order valence-corrected chi connectivity index (χ1v) is 10.4. The molecule has 0 aliphatic heterocycles. The van der Waals surface area contributed by atoms with Crippen LogP contribution in [-0.4, -0.2) is 46.3 Å². The van der Waals surface area contributed by atoms with Gasteiger partial charge in [0.2, 0.25) is 5.91 Å². The van der Waals surface area contributed by atoms with Crippen molar-refractivity contribution in [2.24, 2.45) is 5.73 Å². The van der Waals surface area contributed by atoms with Gasteiger partial charge in [-0.15, -0.1) is 11.3 Å². The van der Waals surface area contributed by atoms with Crippen molar-refractivity contribution < 1.29 is 9.59 Å². The van der Waals surface area contributed by atoms with Crippen LogP contribution in [0.1, 0.15) is 30.8 Å². The number of hydrogen-bond donors (Lipinski definition) is 3. The third-order valence-electron chi connectivity index (χ3n) is 4.50. The number of nitrogens with zero attached hydrogens (tertiary/aromatic N) is 2. The van der Waals surface area contributed by atoms with Crippen molar-refractivity contribution in [3.05, 3.63) is 47.6 Å². The molecule has 8 heteroatoms. The molecule has 29 heavy (non-hydrogen) atoms. The molecule has 1 aromatic carbocycles. The topological polar surface area (TPSA) is 104 Å². The van der Waals surface area contributed by atoms with Crippen LogP contribution >= 0.6 is 11.3 Å². The summed E-state index contributed by atoms with van der Waals surface area (Å²) in [5.41, 5.74) is 8.88. The van der Waals surface area contributed by atoms with E-state index in [2.05, 4.69) is 34.0 Å². The van der Waals surface area contributed by atoms with Gasteiger partial charge in [-0.25, -0.2) is 4.98 Å². The van der Waals surface area contributed by atoms with Crippen molar-refractivity contribution >= 4 is 28.8 Å². The fourth-order valence-corrected chi connectivity index (χ4v) is 3.85. The van der Waals surface area contributed by atoms with Gasteiger partial charge in [-0.3, -0.25) is 14.5 Å². The number of nitrogens with one attached hydrogen (secondary N) is 2. The largest absolute Gasteiger partial charge is 0.364 e. The normalized spacial score (nSPS) is 11.0. The molecule has 0 unspecified atom stereocenters.